The summed E-state index contributed by atoms with van der Waals surface area (Å²) < 4.78 is 45.3. The van der Waals surface area contributed by atoms with Crippen LogP contribution in [0, 0.1) is 12.7 Å². The van der Waals surface area contributed by atoms with E-state index in [0.29, 0.717) is 26.1 Å². The summed E-state index contributed by atoms with van der Waals surface area (Å²) in [7, 11) is -3.87. The maximum Gasteiger partial charge on any atom is 0.241 e. The Balaban J connectivity index is 2.17. The highest BCUT2D eigenvalue weighted by Gasteiger charge is 2.32. The first-order chi connectivity index (χ1) is 9.73. The van der Waals surface area contributed by atoms with Crippen LogP contribution in [0.4, 0.5) is 10.1 Å². The molecule has 1 aromatic carbocycles. The van der Waals surface area contributed by atoms with Crippen molar-refractivity contribution in [3.63, 3.8) is 0 Å². The predicted octanol–water partition coefficient (Wildman–Crippen LogP) is 0.536. The average Bonchev–Trinajstić information content (AvgIpc) is 2.42. The van der Waals surface area contributed by atoms with Gasteiger partial charge in [0.2, 0.25) is 10.0 Å². The minimum Gasteiger partial charge on any atom is -0.396 e. The second-order valence-corrected chi connectivity index (χ2v) is 7.04. The van der Waals surface area contributed by atoms with Gasteiger partial charge in [0, 0.05) is 32.6 Å². The number of nitrogens with two attached hydrogens (primary N) is 1. The number of aliphatic hydroxyl groups is 1. The van der Waals surface area contributed by atoms with Crippen LogP contribution in [0.3, 0.4) is 0 Å². The van der Waals surface area contributed by atoms with Crippen molar-refractivity contribution in [2.24, 2.45) is 0 Å². The third-order valence-corrected chi connectivity index (χ3v) is 5.14. The van der Waals surface area contributed by atoms with Gasteiger partial charge in [0.15, 0.2) is 0 Å². The van der Waals surface area contributed by atoms with E-state index in [-0.39, 0.29) is 22.7 Å². The first-order valence-electron chi connectivity index (χ1n) is 6.59. The third kappa shape index (κ3) is 3.70. The van der Waals surface area contributed by atoms with Gasteiger partial charge in [0.1, 0.15) is 5.82 Å². The minimum atomic E-state index is -3.87. The number of nitrogens with one attached hydrogen (secondary N) is 1. The van der Waals surface area contributed by atoms with Crippen LogP contribution in [0.2, 0.25) is 0 Å². The summed E-state index contributed by atoms with van der Waals surface area (Å²) in [5.41, 5.74) is 4.32. The van der Waals surface area contributed by atoms with Gasteiger partial charge in [0.05, 0.1) is 16.2 Å². The molecule has 0 atom stereocenters. The van der Waals surface area contributed by atoms with Gasteiger partial charge in [-0.2, -0.15) is 0 Å². The number of sulfonamides is 1. The number of anilines is 1. The van der Waals surface area contributed by atoms with Crippen LogP contribution in [-0.4, -0.2) is 38.9 Å². The molecule has 118 valence electrons. The zero-order valence-corrected chi connectivity index (χ0v) is 12.5. The number of halogens is 1. The van der Waals surface area contributed by atoms with Crippen molar-refractivity contribution in [2.75, 3.05) is 25.5 Å². The Bertz CT molecular complexity index is 627. The largest absolute Gasteiger partial charge is 0.396 e. The normalized spacial score (nSPS) is 18.6. The van der Waals surface area contributed by atoms with Crippen LogP contribution in [0.5, 0.6) is 0 Å². The Hall–Kier alpha value is -1.22. The molecule has 21 heavy (non-hydrogen) atoms. The number of nitrogen functional groups attached to an aromatic ring is 1. The molecule has 0 bridgehead atoms. The lowest BCUT2D eigenvalue weighted by Gasteiger charge is -2.32. The lowest BCUT2D eigenvalue weighted by Crippen LogP contribution is -2.46. The zero-order chi connectivity index (χ0) is 15.7. The SMILES string of the molecule is Cc1cc(F)c(N)cc1S(=O)(=O)NCC1(O)CCOCC1. The van der Waals surface area contributed by atoms with E-state index >= 15 is 0 Å². The van der Waals surface area contributed by atoms with Gasteiger partial charge in [-0.05, 0) is 24.6 Å². The van der Waals surface area contributed by atoms with E-state index < -0.39 is 21.4 Å². The number of hydrogen-bond donors (Lipinski definition) is 3. The number of rotatable bonds is 4. The summed E-state index contributed by atoms with van der Waals surface area (Å²) in [6.07, 6.45) is 0.722. The van der Waals surface area contributed by atoms with Crippen molar-refractivity contribution >= 4 is 15.7 Å². The Morgan fingerprint density at radius 2 is 2.05 bits per heavy atom. The quantitative estimate of drug-likeness (QED) is 0.703. The van der Waals surface area contributed by atoms with Crippen LogP contribution in [0.25, 0.3) is 0 Å². The Kier molecular flexibility index (Phi) is 4.52. The van der Waals surface area contributed by atoms with Gasteiger partial charge in [-0.15, -0.1) is 0 Å². The highest BCUT2D eigenvalue weighted by Crippen LogP contribution is 2.23. The molecule has 0 saturated carbocycles. The van der Waals surface area contributed by atoms with E-state index in [2.05, 4.69) is 4.72 Å². The number of hydrogen-bond acceptors (Lipinski definition) is 5. The minimum absolute atomic E-state index is 0.0861. The summed E-state index contributed by atoms with van der Waals surface area (Å²) in [6, 6.07) is 2.16. The fourth-order valence-corrected chi connectivity index (χ4v) is 3.57. The van der Waals surface area contributed by atoms with Gasteiger partial charge in [-0.3, -0.25) is 0 Å². The van der Waals surface area contributed by atoms with E-state index in [0.717, 1.165) is 12.1 Å². The first kappa shape index (κ1) is 16.2. The monoisotopic (exact) mass is 318 g/mol. The topological polar surface area (TPSA) is 102 Å². The van der Waals surface area contributed by atoms with Crippen LogP contribution >= 0.6 is 0 Å². The van der Waals surface area contributed by atoms with Gasteiger partial charge >= 0.3 is 0 Å². The molecule has 1 saturated heterocycles. The average molecular weight is 318 g/mol. The van der Waals surface area contributed by atoms with Gasteiger partial charge < -0.3 is 15.6 Å². The fourth-order valence-electron chi connectivity index (χ4n) is 2.19. The van der Waals surface area contributed by atoms with E-state index in [9.17, 15) is 17.9 Å². The van der Waals surface area contributed by atoms with Crippen molar-refractivity contribution in [3.8, 4) is 0 Å². The Labute approximate surface area is 123 Å². The molecule has 8 heteroatoms. The molecule has 1 heterocycles. The van der Waals surface area contributed by atoms with Crippen molar-refractivity contribution in [1.82, 2.24) is 4.72 Å². The van der Waals surface area contributed by atoms with Gasteiger partial charge in [-0.1, -0.05) is 0 Å². The van der Waals surface area contributed by atoms with Crippen LogP contribution in [0.15, 0.2) is 17.0 Å². The molecular formula is C13H19FN2O4S. The molecule has 1 aliphatic heterocycles. The summed E-state index contributed by atoms with van der Waals surface area (Å²) in [5, 5.41) is 10.3. The fraction of sp³-hybridized carbons (Fsp3) is 0.538. The molecule has 4 N–H and O–H groups in total. The molecule has 6 nitrogen and oxygen atoms in total. The van der Waals surface area contributed by atoms with Crippen molar-refractivity contribution < 1.29 is 22.7 Å². The molecule has 0 aliphatic carbocycles. The van der Waals surface area contributed by atoms with Crippen molar-refractivity contribution in [3.05, 3.63) is 23.5 Å². The molecule has 0 aromatic heterocycles. The maximum absolute atomic E-state index is 13.3. The summed E-state index contributed by atoms with van der Waals surface area (Å²) in [4.78, 5) is -0.0861. The standard InChI is InChI=1S/C13H19FN2O4S/c1-9-6-10(14)11(15)7-12(9)21(18,19)16-8-13(17)2-4-20-5-3-13/h6-7,16-17H,2-5,8,15H2,1H3. The van der Waals surface area contributed by atoms with Crippen LogP contribution in [0.1, 0.15) is 18.4 Å². The first-order valence-corrected chi connectivity index (χ1v) is 8.07. The summed E-state index contributed by atoms with van der Waals surface area (Å²) >= 11 is 0. The smallest absolute Gasteiger partial charge is 0.241 e. The molecule has 0 radical (unpaired) electrons. The van der Waals surface area contributed by atoms with Crippen LogP contribution in [-0.2, 0) is 14.8 Å². The molecule has 1 aromatic rings. The molecule has 0 unspecified atom stereocenters. The molecule has 0 amide bonds. The second kappa shape index (κ2) is 5.88. The van der Waals surface area contributed by atoms with Crippen molar-refractivity contribution in [1.29, 1.82) is 0 Å². The van der Waals surface area contributed by atoms with Gasteiger partial charge in [-0.25, -0.2) is 17.5 Å². The van der Waals surface area contributed by atoms with E-state index in [1.165, 1.54) is 6.92 Å². The second-order valence-electron chi connectivity index (χ2n) is 5.30. The number of aryl methyl sites for hydroxylation is 1. The molecule has 0 spiro atoms. The predicted molar refractivity (Wildman–Crippen MR) is 75.7 cm³/mol. The van der Waals surface area contributed by atoms with Crippen molar-refractivity contribution in [2.45, 2.75) is 30.3 Å². The van der Waals surface area contributed by atoms with E-state index in [1.807, 2.05) is 0 Å². The highest BCUT2D eigenvalue weighted by molar-refractivity contribution is 7.89. The summed E-state index contributed by atoms with van der Waals surface area (Å²) in [5.74, 6) is -0.658. The van der Waals surface area contributed by atoms with E-state index in [4.69, 9.17) is 10.5 Å². The zero-order valence-electron chi connectivity index (χ0n) is 11.7. The lowest BCUT2D eigenvalue weighted by atomic mass is 9.95. The Morgan fingerprint density at radius 3 is 2.67 bits per heavy atom. The lowest BCUT2D eigenvalue weighted by molar-refractivity contribution is -0.0588. The number of ether oxygens (including phenoxy) is 1. The van der Waals surface area contributed by atoms with E-state index in [1.54, 1.807) is 0 Å². The Morgan fingerprint density at radius 1 is 1.43 bits per heavy atom. The highest BCUT2D eigenvalue weighted by atomic mass is 32.2. The van der Waals surface area contributed by atoms with Crippen LogP contribution < -0.4 is 10.5 Å². The molecule has 1 fully saturated rings. The third-order valence-electron chi connectivity index (χ3n) is 3.60. The molecule has 2 rings (SSSR count). The summed E-state index contributed by atoms with van der Waals surface area (Å²) in [6.45, 7) is 2.15. The molecular weight excluding hydrogens is 299 g/mol. The maximum atomic E-state index is 13.3. The number of benzene rings is 1. The van der Waals surface area contributed by atoms with Gasteiger partial charge in [0.25, 0.3) is 0 Å². The molecule has 1 aliphatic rings.